The standard InChI is InChI=1S/C18H14.C6H4O2/c1-3-7-15(8-4-1)17-11-13-18(14-12-17)16-9-5-2-6-10-16;7-5-1-2-6(8)4-3-5/h1-14H;1-4H. The fourth-order valence-electron chi connectivity index (χ4n) is 2.56. The Hall–Kier alpha value is -3.52. The molecule has 0 N–H and O–H groups in total. The lowest BCUT2D eigenvalue weighted by molar-refractivity contribution is -0.113. The lowest BCUT2D eigenvalue weighted by Crippen LogP contribution is -1.97. The number of carbonyl (C=O) groups excluding carboxylic acids is 2. The summed E-state index contributed by atoms with van der Waals surface area (Å²) >= 11 is 0. The van der Waals surface area contributed by atoms with Gasteiger partial charge in [-0.05, 0) is 46.6 Å². The third kappa shape index (κ3) is 4.74. The maximum Gasteiger partial charge on any atom is 0.178 e. The summed E-state index contributed by atoms with van der Waals surface area (Å²) < 4.78 is 0. The fourth-order valence-corrected chi connectivity index (χ4v) is 2.56. The van der Waals surface area contributed by atoms with Crippen molar-refractivity contribution in [3.63, 3.8) is 0 Å². The molecule has 0 amide bonds. The summed E-state index contributed by atoms with van der Waals surface area (Å²) in [7, 11) is 0. The molecule has 0 unspecified atom stereocenters. The summed E-state index contributed by atoms with van der Waals surface area (Å²) in [5, 5.41) is 0. The Bertz CT molecular complexity index is 838. The van der Waals surface area contributed by atoms with Crippen LogP contribution in [0.15, 0.2) is 109 Å². The maximum absolute atomic E-state index is 10.3. The van der Waals surface area contributed by atoms with Gasteiger partial charge in [0.1, 0.15) is 0 Å². The Morgan fingerprint density at radius 3 is 0.923 bits per heavy atom. The van der Waals surface area contributed by atoms with Crippen molar-refractivity contribution in [3.05, 3.63) is 109 Å². The highest BCUT2D eigenvalue weighted by Crippen LogP contribution is 2.24. The first kappa shape index (κ1) is 17.3. The molecular weight excluding hydrogens is 320 g/mol. The van der Waals surface area contributed by atoms with Gasteiger partial charge in [0.25, 0.3) is 0 Å². The van der Waals surface area contributed by atoms with E-state index in [4.69, 9.17) is 0 Å². The van der Waals surface area contributed by atoms with Gasteiger partial charge in [-0.25, -0.2) is 0 Å². The van der Waals surface area contributed by atoms with Crippen molar-refractivity contribution in [2.75, 3.05) is 0 Å². The zero-order valence-corrected chi connectivity index (χ0v) is 14.2. The molecular formula is C24H18O2. The molecule has 0 saturated heterocycles. The Kier molecular flexibility index (Phi) is 5.69. The normalized spacial score (nSPS) is 12.5. The minimum Gasteiger partial charge on any atom is -0.290 e. The van der Waals surface area contributed by atoms with Crippen LogP contribution in [0.5, 0.6) is 0 Å². The average Bonchev–Trinajstić information content (AvgIpc) is 2.72. The smallest absolute Gasteiger partial charge is 0.178 e. The molecule has 0 bridgehead atoms. The quantitative estimate of drug-likeness (QED) is 0.596. The van der Waals surface area contributed by atoms with Gasteiger partial charge in [0.15, 0.2) is 11.6 Å². The van der Waals surface area contributed by atoms with Gasteiger partial charge in [-0.3, -0.25) is 9.59 Å². The Balaban J connectivity index is 0.000000206. The van der Waals surface area contributed by atoms with E-state index in [1.54, 1.807) is 0 Å². The van der Waals surface area contributed by atoms with Gasteiger partial charge in [0.2, 0.25) is 0 Å². The molecule has 1 aliphatic carbocycles. The third-order valence-electron chi connectivity index (χ3n) is 3.92. The molecule has 4 rings (SSSR count). The summed E-state index contributed by atoms with van der Waals surface area (Å²) in [6.07, 6.45) is 5.01. The van der Waals surface area contributed by atoms with E-state index < -0.39 is 0 Å². The first-order valence-electron chi connectivity index (χ1n) is 8.37. The van der Waals surface area contributed by atoms with Crippen LogP contribution >= 0.6 is 0 Å². The summed E-state index contributed by atoms with van der Waals surface area (Å²) in [5.74, 6) is -0.241. The van der Waals surface area contributed by atoms with Crippen LogP contribution in [-0.2, 0) is 9.59 Å². The first-order valence-corrected chi connectivity index (χ1v) is 8.37. The van der Waals surface area contributed by atoms with E-state index in [0.29, 0.717) is 0 Å². The molecule has 0 aliphatic heterocycles. The van der Waals surface area contributed by atoms with Gasteiger partial charge in [-0.15, -0.1) is 0 Å². The van der Waals surface area contributed by atoms with E-state index >= 15 is 0 Å². The first-order chi connectivity index (χ1) is 12.7. The second kappa shape index (κ2) is 8.54. The zero-order chi connectivity index (χ0) is 18.2. The highest BCUT2D eigenvalue weighted by Gasteiger charge is 1.99. The molecule has 0 spiro atoms. The van der Waals surface area contributed by atoms with Crippen molar-refractivity contribution in [1.29, 1.82) is 0 Å². The zero-order valence-electron chi connectivity index (χ0n) is 14.2. The molecule has 3 aromatic carbocycles. The molecule has 0 heterocycles. The number of carbonyl (C=O) groups is 2. The second-order valence-electron chi connectivity index (χ2n) is 5.78. The molecule has 0 fully saturated rings. The van der Waals surface area contributed by atoms with Gasteiger partial charge >= 0.3 is 0 Å². The molecule has 2 nitrogen and oxygen atoms in total. The largest absolute Gasteiger partial charge is 0.290 e. The molecule has 126 valence electrons. The van der Waals surface area contributed by atoms with E-state index in [1.165, 1.54) is 46.6 Å². The number of benzene rings is 3. The highest BCUT2D eigenvalue weighted by atomic mass is 16.1. The third-order valence-corrected chi connectivity index (χ3v) is 3.92. The van der Waals surface area contributed by atoms with Crippen molar-refractivity contribution in [3.8, 4) is 22.3 Å². The minimum absolute atomic E-state index is 0.121. The van der Waals surface area contributed by atoms with Crippen molar-refractivity contribution in [1.82, 2.24) is 0 Å². The predicted molar refractivity (Wildman–Crippen MR) is 106 cm³/mol. The van der Waals surface area contributed by atoms with Crippen LogP contribution in [0, 0.1) is 0 Å². The maximum atomic E-state index is 10.3. The number of ketones is 2. The van der Waals surface area contributed by atoms with Crippen LogP contribution in [0.25, 0.3) is 22.3 Å². The number of allylic oxidation sites excluding steroid dienone is 4. The summed E-state index contributed by atoms with van der Waals surface area (Å²) in [5.41, 5.74) is 5.04. The lowest BCUT2D eigenvalue weighted by Gasteiger charge is -2.04. The van der Waals surface area contributed by atoms with Crippen LogP contribution in [0.2, 0.25) is 0 Å². The SMILES string of the molecule is O=C1C=CC(=O)C=C1.c1ccc(-c2ccc(-c3ccccc3)cc2)cc1. The van der Waals surface area contributed by atoms with Crippen LogP contribution in [0.1, 0.15) is 0 Å². The molecule has 1 aliphatic rings. The average molecular weight is 338 g/mol. The van der Waals surface area contributed by atoms with E-state index in [2.05, 4.69) is 72.8 Å². The number of rotatable bonds is 2. The van der Waals surface area contributed by atoms with Crippen molar-refractivity contribution >= 4 is 11.6 Å². The Labute approximate surface area is 153 Å². The second-order valence-corrected chi connectivity index (χ2v) is 5.78. The summed E-state index contributed by atoms with van der Waals surface area (Å²) in [4.78, 5) is 20.6. The molecule has 0 atom stereocenters. The van der Waals surface area contributed by atoms with Crippen molar-refractivity contribution in [2.24, 2.45) is 0 Å². The topological polar surface area (TPSA) is 34.1 Å². The molecule has 26 heavy (non-hydrogen) atoms. The monoisotopic (exact) mass is 338 g/mol. The molecule has 2 heteroatoms. The van der Waals surface area contributed by atoms with Gasteiger partial charge in [0, 0.05) is 0 Å². The summed E-state index contributed by atoms with van der Waals surface area (Å²) in [6, 6.07) is 29.6. The number of hydrogen-bond donors (Lipinski definition) is 0. The van der Waals surface area contributed by atoms with Gasteiger partial charge in [-0.2, -0.15) is 0 Å². The lowest BCUT2D eigenvalue weighted by atomic mass is 10.0. The van der Waals surface area contributed by atoms with E-state index in [-0.39, 0.29) is 11.6 Å². The van der Waals surface area contributed by atoms with E-state index in [0.717, 1.165) is 0 Å². The highest BCUT2D eigenvalue weighted by molar-refractivity contribution is 6.14. The summed E-state index contributed by atoms with van der Waals surface area (Å²) in [6.45, 7) is 0. The Morgan fingerprint density at radius 1 is 0.346 bits per heavy atom. The fraction of sp³-hybridized carbons (Fsp3) is 0. The van der Waals surface area contributed by atoms with Gasteiger partial charge in [-0.1, -0.05) is 84.9 Å². The van der Waals surface area contributed by atoms with E-state index in [1.807, 2.05) is 12.1 Å². The van der Waals surface area contributed by atoms with Crippen molar-refractivity contribution < 1.29 is 9.59 Å². The molecule has 0 saturated carbocycles. The molecule has 0 aromatic heterocycles. The van der Waals surface area contributed by atoms with Crippen LogP contribution in [-0.4, -0.2) is 11.6 Å². The van der Waals surface area contributed by atoms with Crippen LogP contribution < -0.4 is 0 Å². The van der Waals surface area contributed by atoms with Crippen molar-refractivity contribution in [2.45, 2.75) is 0 Å². The van der Waals surface area contributed by atoms with Crippen LogP contribution in [0.4, 0.5) is 0 Å². The number of hydrogen-bond acceptors (Lipinski definition) is 2. The van der Waals surface area contributed by atoms with Gasteiger partial charge in [0.05, 0.1) is 0 Å². The predicted octanol–water partition coefficient (Wildman–Crippen LogP) is 5.27. The molecule has 3 aromatic rings. The molecule has 0 radical (unpaired) electrons. The minimum atomic E-state index is -0.121. The van der Waals surface area contributed by atoms with Crippen LogP contribution in [0.3, 0.4) is 0 Å². The Morgan fingerprint density at radius 2 is 0.615 bits per heavy atom. The van der Waals surface area contributed by atoms with Gasteiger partial charge < -0.3 is 0 Å². The van der Waals surface area contributed by atoms with E-state index in [9.17, 15) is 9.59 Å².